The molecular weight excluding hydrogens is 368 g/mol. The number of carbonyl (C=O) groups excluding carboxylic acids is 2. The van der Waals surface area contributed by atoms with E-state index in [1.165, 1.54) is 6.07 Å². The Labute approximate surface area is 161 Å². The lowest BCUT2D eigenvalue weighted by atomic mass is 10.2. The molecule has 2 amide bonds. The van der Waals surface area contributed by atoms with Crippen molar-refractivity contribution in [1.29, 1.82) is 0 Å². The van der Waals surface area contributed by atoms with Crippen molar-refractivity contribution in [2.24, 2.45) is 0 Å². The van der Waals surface area contributed by atoms with Gasteiger partial charge in [-0.2, -0.15) is 0 Å². The van der Waals surface area contributed by atoms with Crippen LogP contribution in [-0.4, -0.2) is 36.0 Å². The summed E-state index contributed by atoms with van der Waals surface area (Å²) < 4.78 is 5.43. The van der Waals surface area contributed by atoms with Gasteiger partial charge in [0, 0.05) is 17.8 Å². The molecule has 0 unspecified atom stereocenters. The Morgan fingerprint density at radius 3 is 2.59 bits per heavy atom. The second kappa shape index (κ2) is 10.3. The van der Waals surface area contributed by atoms with E-state index in [2.05, 4.69) is 10.6 Å². The van der Waals surface area contributed by atoms with Crippen molar-refractivity contribution < 1.29 is 24.2 Å². The van der Waals surface area contributed by atoms with E-state index in [1.807, 2.05) is 6.92 Å². The zero-order valence-electron chi connectivity index (χ0n) is 15.0. The van der Waals surface area contributed by atoms with E-state index in [1.54, 1.807) is 30.3 Å². The SMILES string of the molecule is CCOc1ccccc1C(=O)NCCCC(=O)NCc1ccc(C(=O)O)s1. The van der Waals surface area contributed by atoms with Gasteiger partial charge in [-0.25, -0.2) is 4.79 Å². The van der Waals surface area contributed by atoms with E-state index in [4.69, 9.17) is 9.84 Å². The monoisotopic (exact) mass is 390 g/mol. The molecule has 0 aliphatic rings. The van der Waals surface area contributed by atoms with Crippen LogP contribution in [0, 0.1) is 0 Å². The number of aromatic carboxylic acids is 1. The molecule has 0 aliphatic heterocycles. The van der Waals surface area contributed by atoms with Crippen molar-refractivity contribution in [2.45, 2.75) is 26.3 Å². The first-order valence-corrected chi connectivity index (χ1v) is 9.41. The summed E-state index contributed by atoms with van der Waals surface area (Å²) >= 11 is 1.13. The quantitative estimate of drug-likeness (QED) is 0.541. The van der Waals surface area contributed by atoms with Gasteiger partial charge in [0.15, 0.2) is 0 Å². The predicted octanol–water partition coefficient (Wildman–Crippen LogP) is 2.67. The lowest BCUT2D eigenvalue weighted by Gasteiger charge is -2.10. The van der Waals surface area contributed by atoms with Gasteiger partial charge in [-0.1, -0.05) is 12.1 Å². The normalized spacial score (nSPS) is 10.3. The van der Waals surface area contributed by atoms with E-state index >= 15 is 0 Å². The first-order chi connectivity index (χ1) is 13.0. The first-order valence-electron chi connectivity index (χ1n) is 8.60. The summed E-state index contributed by atoms with van der Waals surface area (Å²) in [5.41, 5.74) is 0.468. The van der Waals surface area contributed by atoms with Gasteiger partial charge in [-0.05, 0) is 37.6 Å². The Kier molecular flexibility index (Phi) is 7.81. The van der Waals surface area contributed by atoms with Crippen LogP contribution in [0.3, 0.4) is 0 Å². The Balaban J connectivity index is 1.69. The summed E-state index contributed by atoms with van der Waals surface area (Å²) in [4.78, 5) is 35.9. The third kappa shape index (κ3) is 6.41. The molecule has 1 aromatic carbocycles. The average molecular weight is 390 g/mol. The van der Waals surface area contributed by atoms with Gasteiger partial charge in [0.1, 0.15) is 10.6 Å². The number of carboxylic acid groups (broad SMARTS) is 1. The van der Waals surface area contributed by atoms with E-state index < -0.39 is 5.97 Å². The fraction of sp³-hybridized carbons (Fsp3) is 0.316. The molecule has 1 aromatic heterocycles. The molecule has 144 valence electrons. The van der Waals surface area contributed by atoms with Crippen molar-refractivity contribution >= 4 is 29.1 Å². The molecule has 1 heterocycles. The predicted molar refractivity (Wildman–Crippen MR) is 102 cm³/mol. The standard InChI is InChI=1S/C19H22N2O5S/c1-2-26-15-7-4-3-6-14(15)18(23)20-11-5-8-17(22)21-12-13-9-10-16(27-13)19(24)25/h3-4,6-7,9-10H,2,5,8,11-12H2,1H3,(H,20,23)(H,21,22)(H,24,25). The second-order valence-electron chi connectivity index (χ2n) is 5.64. The number of rotatable bonds is 10. The van der Waals surface area contributed by atoms with E-state index in [-0.39, 0.29) is 23.1 Å². The van der Waals surface area contributed by atoms with Gasteiger partial charge in [-0.15, -0.1) is 11.3 Å². The van der Waals surface area contributed by atoms with Crippen LogP contribution in [0.15, 0.2) is 36.4 Å². The minimum Gasteiger partial charge on any atom is -0.493 e. The maximum Gasteiger partial charge on any atom is 0.345 e. The first kappa shape index (κ1) is 20.4. The van der Waals surface area contributed by atoms with Crippen LogP contribution in [-0.2, 0) is 11.3 Å². The van der Waals surface area contributed by atoms with Gasteiger partial charge >= 0.3 is 5.97 Å². The number of hydrogen-bond acceptors (Lipinski definition) is 5. The van der Waals surface area contributed by atoms with Gasteiger partial charge < -0.3 is 20.5 Å². The van der Waals surface area contributed by atoms with Crippen LogP contribution < -0.4 is 15.4 Å². The maximum atomic E-state index is 12.2. The molecule has 0 saturated heterocycles. The van der Waals surface area contributed by atoms with Crippen LogP contribution in [0.5, 0.6) is 5.75 Å². The van der Waals surface area contributed by atoms with E-state index in [0.717, 1.165) is 16.2 Å². The molecule has 2 aromatic rings. The van der Waals surface area contributed by atoms with Crippen LogP contribution in [0.4, 0.5) is 0 Å². The van der Waals surface area contributed by atoms with Crippen LogP contribution in [0.25, 0.3) is 0 Å². The fourth-order valence-electron chi connectivity index (χ4n) is 2.34. The fourth-order valence-corrected chi connectivity index (χ4v) is 3.13. The number of nitrogens with one attached hydrogen (secondary N) is 2. The highest BCUT2D eigenvalue weighted by atomic mass is 32.1. The topological polar surface area (TPSA) is 105 Å². The number of hydrogen-bond donors (Lipinski definition) is 3. The molecule has 0 aliphatic carbocycles. The molecule has 7 nitrogen and oxygen atoms in total. The van der Waals surface area contributed by atoms with Crippen molar-refractivity contribution in [2.75, 3.05) is 13.2 Å². The van der Waals surface area contributed by atoms with Crippen molar-refractivity contribution in [3.63, 3.8) is 0 Å². The number of thiophene rings is 1. The number of amides is 2. The molecule has 2 rings (SSSR count). The minimum absolute atomic E-state index is 0.149. The summed E-state index contributed by atoms with van der Waals surface area (Å²) in [6, 6.07) is 10.2. The highest BCUT2D eigenvalue weighted by Gasteiger charge is 2.12. The highest BCUT2D eigenvalue weighted by molar-refractivity contribution is 7.13. The molecule has 0 atom stereocenters. The summed E-state index contributed by atoms with van der Waals surface area (Å²) in [7, 11) is 0. The Hall–Kier alpha value is -2.87. The molecule has 0 fully saturated rings. The van der Waals surface area contributed by atoms with Crippen molar-refractivity contribution in [3.05, 3.63) is 51.7 Å². The van der Waals surface area contributed by atoms with Crippen LogP contribution in [0.1, 0.15) is 44.7 Å². The van der Waals surface area contributed by atoms with Crippen LogP contribution >= 0.6 is 11.3 Å². The maximum absolute atomic E-state index is 12.2. The molecule has 27 heavy (non-hydrogen) atoms. The summed E-state index contributed by atoms with van der Waals surface area (Å²) in [5.74, 6) is -0.824. The van der Waals surface area contributed by atoms with Gasteiger partial charge in [-0.3, -0.25) is 9.59 Å². The zero-order valence-corrected chi connectivity index (χ0v) is 15.8. The average Bonchev–Trinajstić information content (AvgIpc) is 3.13. The number of carbonyl (C=O) groups is 3. The highest BCUT2D eigenvalue weighted by Crippen LogP contribution is 2.18. The van der Waals surface area contributed by atoms with Gasteiger partial charge in [0.2, 0.25) is 5.91 Å². The Morgan fingerprint density at radius 1 is 1.11 bits per heavy atom. The Bertz CT molecular complexity index is 803. The molecule has 0 bridgehead atoms. The third-order valence-corrected chi connectivity index (χ3v) is 4.70. The Morgan fingerprint density at radius 2 is 1.89 bits per heavy atom. The zero-order chi connectivity index (χ0) is 19.6. The smallest absolute Gasteiger partial charge is 0.345 e. The molecule has 3 N–H and O–H groups in total. The number of carboxylic acids is 1. The van der Waals surface area contributed by atoms with Crippen molar-refractivity contribution in [1.82, 2.24) is 10.6 Å². The molecule has 0 saturated carbocycles. The second-order valence-corrected chi connectivity index (χ2v) is 6.80. The number of ether oxygens (including phenoxy) is 1. The van der Waals surface area contributed by atoms with E-state index in [9.17, 15) is 14.4 Å². The summed E-state index contributed by atoms with van der Waals surface area (Å²) in [5, 5.41) is 14.4. The number of benzene rings is 1. The number of para-hydroxylation sites is 1. The molecule has 0 spiro atoms. The molecule has 0 radical (unpaired) electrons. The third-order valence-electron chi connectivity index (χ3n) is 3.63. The van der Waals surface area contributed by atoms with Crippen molar-refractivity contribution in [3.8, 4) is 5.75 Å². The van der Waals surface area contributed by atoms with Gasteiger partial charge in [0.25, 0.3) is 5.91 Å². The summed E-state index contributed by atoms with van der Waals surface area (Å²) in [6.07, 6.45) is 0.768. The largest absolute Gasteiger partial charge is 0.493 e. The van der Waals surface area contributed by atoms with Gasteiger partial charge in [0.05, 0.1) is 18.7 Å². The minimum atomic E-state index is -0.973. The lowest BCUT2D eigenvalue weighted by Crippen LogP contribution is -2.27. The summed E-state index contributed by atoms with van der Waals surface area (Å²) in [6.45, 7) is 2.99. The van der Waals surface area contributed by atoms with E-state index in [0.29, 0.717) is 37.4 Å². The van der Waals surface area contributed by atoms with Crippen LogP contribution in [0.2, 0.25) is 0 Å². The molecule has 8 heteroatoms. The molecular formula is C19H22N2O5S. The lowest BCUT2D eigenvalue weighted by molar-refractivity contribution is -0.121.